The van der Waals surface area contributed by atoms with Gasteiger partial charge in [0.05, 0.1) is 11.8 Å². The summed E-state index contributed by atoms with van der Waals surface area (Å²) in [5.41, 5.74) is 0.338. The van der Waals surface area contributed by atoms with E-state index in [1.807, 2.05) is 0 Å². The van der Waals surface area contributed by atoms with Crippen LogP contribution in [-0.4, -0.2) is 29.2 Å². The predicted molar refractivity (Wildman–Crippen MR) is 88.1 cm³/mol. The van der Waals surface area contributed by atoms with Crippen molar-refractivity contribution in [2.45, 2.75) is 32.2 Å². The Morgan fingerprint density at radius 2 is 1.83 bits per heavy atom. The summed E-state index contributed by atoms with van der Waals surface area (Å²) in [5, 5.41) is 2.57. The molecule has 1 saturated carbocycles. The Balaban J connectivity index is 1.59. The highest BCUT2D eigenvalue weighted by Gasteiger charge is 2.48. The zero-order chi connectivity index (χ0) is 17.3. The summed E-state index contributed by atoms with van der Waals surface area (Å²) >= 11 is 3.25. The first-order valence-corrected chi connectivity index (χ1v) is 8.82. The van der Waals surface area contributed by atoms with Crippen molar-refractivity contribution >= 4 is 33.7 Å². The van der Waals surface area contributed by atoms with Crippen LogP contribution in [0.15, 0.2) is 22.7 Å². The Morgan fingerprint density at radius 3 is 2.46 bits per heavy atom. The molecule has 0 bridgehead atoms. The molecule has 0 spiro atoms. The molecule has 1 aliphatic carbocycles. The first-order chi connectivity index (χ1) is 11.5. The second-order valence-electron chi connectivity index (χ2n) is 6.27. The van der Waals surface area contributed by atoms with Gasteiger partial charge in [0, 0.05) is 16.6 Å². The zero-order valence-corrected chi connectivity index (χ0v) is 14.6. The molecule has 24 heavy (non-hydrogen) atoms. The molecule has 0 radical (unpaired) electrons. The summed E-state index contributed by atoms with van der Waals surface area (Å²) in [6.07, 6.45) is 3.33. The molecule has 3 rings (SSSR count). The lowest BCUT2D eigenvalue weighted by atomic mass is 9.81. The van der Waals surface area contributed by atoms with Crippen LogP contribution in [0.25, 0.3) is 0 Å². The number of benzene rings is 1. The molecule has 2 atom stereocenters. The molecule has 1 aliphatic heterocycles. The molecule has 3 amide bonds. The van der Waals surface area contributed by atoms with E-state index in [1.54, 1.807) is 12.1 Å². The van der Waals surface area contributed by atoms with Crippen LogP contribution in [0.2, 0.25) is 0 Å². The van der Waals surface area contributed by atoms with Crippen molar-refractivity contribution in [2.24, 2.45) is 11.8 Å². The van der Waals surface area contributed by atoms with Gasteiger partial charge in [-0.15, -0.1) is 0 Å². The maximum Gasteiger partial charge on any atom is 0.240 e. The van der Waals surface area contributed by atoms with Crippen LogP contribution < -0.4 is 5.32 Å². The molecular weight excluding hydrogens is 379 g/mol. The van der Waals surface area contributed by atoms with Crippen LogP contribution >= 0.6 is 15.9 Å². The van der Waals surface area contributed by atoms with Gasteiger partial charge in [-0.2, -0.15) is 0 Å². The lowest BCUT2D eigenvalue weighted by Crippen LogP contribution is -2.40. The number of fused-ring (bicyclic) bond motifs is 1. The molecule has 1 saturated heterocycles. The van der Waals surface area contributed by atoms with Crippen molar-refractivity contribution in [3.8, 4) is 0 Å². The van der Waals surface area contributed by atoms with Crippen LogP contribution in [0, 0.1) is 17.7 Å². The Hall–Kier alpha value is -1.76. The molecule has 5 nitrogen and oxygen atoms in total. The summed E-state index contributed by atoms with van der Waals surface area (Å²) in [5.74, 6) is -1.89. The summed E-state index contributed by atoms with van der Waals surface area (Å²) in [6.45, 7) is -0.284. The molecule has 1 N–H and O–H groups in total. The van der Waals surface area contributed by atoms with Crippen molar-refractivity contribution < 1.29 is 18.8 Å². The second-order valence-corrected chi connectivity index (χ2v) is 7.19. The number of nitrogens with one attached hydrogen (secondary N) is 1. The Bertz CT molecular complexity index is 670. The Morgan fingerprint density at radius 1 is 1.21 bits per heavy atom. The largest absolute Gasteiger partial charge is 0.350 e. The second kappa shape index (κ2) is 7.01. The first-order valence-electron chi connectivity index (χ1n) is 8.03. The van der Waals surface area contributed by atoms with Gasteiger partial charge in [0.25, 0.3) is 0 Å². The number of hydrogen-bond donors (Lipinski definition) is 1. The van der Waals surface area contributed by atoms with Gasteiger partial charge in [-0.05, 0) is 31.0 Å². The highest BCUT2D eigenvalue weighted by Crippen LogP contribution is 2.37. The first kappa shape index (κ1) is 17.1. The van der Waals surface area contributed by atoms with E-state index in [0.717, 1.165) is 30.6 Å². The lowest BCUT2D eigenvalue weighted by Gasteiger charge is -2.19. The third kappa shape index (κ3) is 3.36. The van der Waals surface area contributed by atoms with Gasteiger partial charge in [0.2, 0.25) is 17.7 Å². The van der Waals surface area contributed by atoms with Crippen molar-refractivity contribution in [1.82, 2.24) is 10.2 Å². The van der Waals surface area contributed by atoms with Crippen LogP contribution in [0.4, 0.5) is 4.39 Å². The van der Waals surface area contributed by atoms with E-state index in [0.29, 0.717) is 10.0 Å². The monoisotopic (exact) mass is 396 g/mol. The fourth-order valence-electron chi connectivity index (χ4n) is 3.46. The van der Waals surface area contributed by atoms with Crippen LogP contribution in [0.3, 0.4) is 0 Å². The maximum atomic E-state index is 13.7. The predicted octanol–water partition coefficient (Wildman–Crippen LogP) is 2.38. The third-order valence-corrected chi connectivity index (χ3v) is 5.21. The lowest BCUT2D eigenvalue weighted by molar-refractivity contribution is -0.143. The summed E-state index contributed by atoms with van der Waals surface area (Å²) in [7, 11) is 0. The molecule has 1 aromatic carbocycles. The van der Waals surface area contributed by atoms with Gasteiger partial charge in [-0.25, -0.2) is 4.39 Å². The number of halogens is 2. The van der Waals surface area contributed by atoms with E-state index < -0.39 is 11.7 Å². The fraction of sp³-hybridized carbons (Fsp3) is 0.471. The summed E-state index contributed by atoms with van der Waals surface area (Å²) < 4.78 is 14.4. The van der Waals surface area contributed by atoms with Crippen LogP contribution in [0.5, 0.6) is 0 Å². The minimum Gasteiger partial charge on any atom is -0.350 e. The number of likely N-dealkylation sites (tertiary alicyclic amines) is 1. The standard InChI is InChI=1S/C17H18BrFN2O3/c18-11-5-6-14(19)10(7-11)8-20-15(22)9-21-16(23)12-3-1-2-4-13(12)17(21)24/h5-7,12-13H,1-4,8-9H2,(H,20,22). The van der Waals surface area contributed by atoms with Crippen molar-refractivity contribution in [3.05, 3.63) is 34.1 Å². The minimum atomic E-state index is -0.463. The number of amides is 3. The van der Waals surface area contributed by atoms with E-state index in [9.17, 15) is 18.8 Å². The molecule has 1 aromatic rings. The average molecular weight is 397 g/mol. The summed E-state index contributed by atoms with van der Waals surface area (Å²) in [6, 6.07) is 4.46. The van der Waals surface area contributed by atoms with Gasteiger partial charge in [-0.3, -0.25) is 19.3 Å². The topological polar surface area (TPSA) is 66.5 Å². The van der Waals surface area contributed by atoms with E-state index in [4.69, 9.17) is 0 Å². The average Bonchev–Trinajstić information content (AvgIpc) is 2.81. The summed E-state index contributed by atoms with van der Waals surface area (Å²) in [4.78, 5) is 37.8. The van der Waals surface area contributed by atoms with Crippen LogP contribution in [-0.2, 0) is 20.9 Å². The molecule has 128 valence electrons. The molecule has 2 fully saturated rings. The van der Waals surface area contributed by atoms with Gasteiger partial charge in [-0.1, -0.05) is 28.8 Å². The number of carbonyl (C=O) groups excluding carboxylic acids is 3. The smallest absolute Gasteiger partial charge is 0.240 e. The van der Waals surface area contributed by atoms with E-state index in [1.165, 1.54) is 6.07 Å². The van der Waals surface area contributed by atoms with Gasteiger partial charge < -0.3 is 5.32 Å². The van der Waals surface area contributed by atoms with E-state index >= 15 is 0 Å². The number of hydrogen-bond acceptors (Lipinski definition) is 3. The number of carbonyl (C=O) groups is 3. The normalized spacial score (nSPS) is 23.3. The van der Waals surface area contributed by atoms with Gasteiger partial charge in [0.15, 0.2) is 0 Å². The van der Waals surface area contributed by atoms with Crippen molar-refractivity contribution in [1.29, 1.82) is 0 Å². The van der Waals surface area contributed by atoms with Crippen molar-refractivity contribution in [3.63, 3.8) is 0 Å². The maximum absolute atomic E-state index is 13.7. The Labute approximate surface area is 147 Å². The number of imide groups is 1. The van der Waals surface area contributed by atoms with Crippen LogP contribution in [0.1, 0.15) is 31.2 Å². The molecule has 0 aromatic heterocycles. The number of rotatable bonds is 4. The minimum absolute atomic E-state index is 0.00713. The number of nitrogens with zero attached hydrogens (tertiary/aromatic N) is 1. The van der Waals surface area contributed by atoms with Crippen molar-refractivity contribution in [2.75, 3.05) is 6.54 Å². The van der Waals surface area contributed by atoms with Gasteiger partial charge >= 0.3 is 0 Å². The zero-order valence-electron chi connectivity index (χ0n) is 13.1. The molecule has 7 heteroatoms. The Kier molecular flexibility index (Phi) is 4.99. The highest BCUT2D eigenvalue weighted by atomic mass is 79.9. The van der Waals surface area contributed by atoms with Gasteiger partial charge in [0.1, 0.15) is 12.4 Å². The van der Waals surface area contributed by atoms with E-state index in [2.05, 4.69) is 21.2 Å². The quantitative estimate of drug-likeness (QED) is 0.794. The molecule has 2 unspecified atom stereocenters. The van der Waals surface area contributed by atoms with E-state index in [-0.39, 0.29) is 36.7 Å². The SMILES string of the molecule is O=C(CN1C(=O)C2CCCCC2C1=O)NCc1cc(Br)ccc1F. The highest BCUT2D eigenvalue weighted by molar-refractivity contribution is 9.10. The molecule has 2 aliphatic rings. The third-order valence-electron chi connectivity index (χ3n) is 4.72. The molecule has 1 heterocycles. The fourth-order valence-corrected chi connectivity index (χ4v) is 3.87. The molecular formula is C17H18BrFN2O3.